The van der Waals surface area contributed by atoms with Gasteiger partial charge in [-0.05, 0) is 47.5 Å². The molecule has 176 valence electrons. The molecule has 0 unspecified atom stereocenters. The lowest BCUT2D eigenvalue weighted by Crippen LogP contribution is -2.05. The van der Waals surface area contributed by atoms with Crippen molar-refractivity contribution < 1.29 is 28.5 Å². The molecule has 0 aliphatic heterocycles. The van der Waals surface area contributed by atoms with Gasteiger partial charge in [0.2, 0.25) is 0 Å². The van der Waals surface area contributed by atoms with Gasteiger partial charge in [-0.25, -0.2) is 0 Å². The van der Waals surface area contributed by atoms with Crippen LogP contribution in [0.5, 0.6) is 11.5 Å². The lowest BCUT2D eigenvalue weighted by atomic mass is 10.0. The monoisotopic (exact) mass is 462 g/mol. The number of hydrogen-bond acceptors (Lipinski definition) is 7. The number of fused-ring (bicyclic) bond motifs is 1. The molecule has 0 atom stereocenters. The van der Waals surface area contributed by atoms with E-state index < -0.39 is 5.97 Å². The number of hydrogen-bond donors (Lipinski definition) is 2. The van der Waals surface area contributed by atoms with Crippen molar-refractivity contribution in [1.29, 1.82) is 0 Å². The Morgan fingerprint density at radius 2 is 1.94 bits per heavy atom. The van der Waals surface area contributed by atoms with Crippen LogP contribution in [0, 0.1) is 0 Å². The molecule has 0 saturated carbocycles. The van der Waals surface area contributed by atoms with Crippen molar-refractivity contribution in [3.63, 3.8) is 0 Å². The molecule has 8 heteroatoms. The molecule has 0 radical (unpaired) electrons. The van der Waals surface area contributed by atoms with Crippen molar-refractivity contribution in [2.24, 2.45) is 5.73 Å². The van der Waals surface area contributed by atoms with E-state index in [4.69, 9.17) is 24.4 Å². The van der Waals surface area contributed by atoms with Gasteiger partial charge in [-0.3, -0.25) is 9.78 Å². The van der Waals surface area contributed by atoms with Crippen LogP contribution in [0.3, 0.4) is 0 Å². The van der Waals surface area contributed by atoms with E-state index in [-0.39, 0.29) is 13.0 Å². The Labute approximate surface area is 196 Å². The molecule has 0 aliphatic rings. The number of ether oxygens (including phenoxy) is 3. The Hall–Kier alpha value is -3.88. The summed E-state index contributed by atoms with van der Waals surface area (Å²) >= 11 is 0. The maximum Gasteiger partial charge on any atom is 0.307 e. The number of nitrogens with two attached hydrogens (primary N) is 1. The van der Waals surface area contributed by atoms with Gasteiger partial charge in [0.05, 0.1) is 19.2 Å². The van der Waals surface area contributed by atoms with E-state index in [1.807, 2.05) is 30.3 Å². The lowest BCUT2D eigenvalue weighted by Gasteiger charge is -2.13. The highest BCUT2D eigenvalue weighted by atomic mass is 16.5. The Morgan fingerprint density at radius 1 is 1.09 bits per heavy atom. The van der Waals surface area contributed by atoms with Gasteiger partial charge in [0.15, 0.2) is 0 Å². The van der Waals surface area contributed by atoms with Crippen LogP contribution in [0.1, 0.15) is 22.6 Å². The molecule has 2 aromatic carbocycles. The van der Waals surface area contributed by atoms with E-state index in [0.717, 1.165) is 33.4 Å². The Bertz CT molecular complexity index is 1310. The van der Waals surface area contributed by atoms with Crippen molar-refractivity contribution in [2.45, 2.75) is 26.2 Å². The van der Waals surface area contributed by atoms with E-state index in [9.17, 15) is 9.90 Å². The Balaban J connectivity index is 1.73. The minimum atomic E-state index is -0.934. The normalized spacial score (nSPS) is 11.0. The number of pyridine rings is 1. The average Bonchev–Trinajstić information content (AvgIpc) is 3.25. The third-order valence-corrected chi connectivity index (χ3v) is 5.36. The molecule has 0 saturated heterocycles. The van der Waals surface area contributed by atoms with Gasteiger partial charge in [0.1, 0.15) is 36.1 Å². The molecule has 0 amide bonds. The van der Waals surface area contributed by atoms with Crippen LogP contribution >= 0.6 is 0 Å². The number of furan rings is 1. The fraction of sp³-hybridized carbons (Fsp3) is 0.231. The SMILES string of the molecule is COCc1cc2cc(COc3cc(OC)ccc3CC(=O)O)cc(-c3ccnc(CN)c3)c2o1. The van der Waals surface area contributed by atoms with Crippen LogP contribution in [0.2, 0.25) is 0 Å². The summed E-state index contributed by atoms with van der Waals surface area (Å²) in [7, 11) is 3.17. The molecule has 3 N–H and O–H groups in total. The standard InChI is InChI=1S/C26H26N2O6/c1-31-15-22-10-19-7-16(8-23(26(19)34-22)17-5-6-28-20(9-17)13-27)14-33-24-12-21(32-2)4-3-18(24)11-25(29)30/h3-10,12H,11,13-15,27H2,1-2H3,(H,29,30). The van der Waals surface area contributed by atoms with Crippen LogP contribution in [-0.4, -0.2) is 30.3 Å². The number of benzene rings is 2. The zero-order valence-corrected chi connectivity index (χ0v) is 19.0. The number of carboxylic acid groups (broad SMARTS) is 1. The van der Waals surface area contributed by atoms with Gasteiger partial charge < -0.3 is 29.5 Å². The van der Waals surface area contributed by atoms with Crippen molar-refractivity contribution >= 4 is 16.9 Å². The first-order valence-electron chi connectivity index (χ1n) is 10.7. The van der Waals surface area contributed by atoms with Gasteiger partial charge in [-0.1, -0.05) is 6.07 Å². The second kappa shape index (κ2) is 10.4. The summed E-state index contributed by atoms with van der Waals surface area (Å²) in [5.41, 5.74) is 10.6. The summed E-state index contributed by atoms with van der Waals surface area (Å²) in [6, 6.07) is 14.9. The number of methoxy groups -OCH3 is 2. The van der Waals surface area contributed by atoms with E-state index in [2.05, 4.69) is 4.98 Å². The maximum absolute atomic E-state index is 11.3. The van der Waals surface area contributed by atoms with Gasteiger partial charge in [0, 0.05) is 42.4 Å². The molecule has 0 spiro atoms. The number of nitrogens with zero attached hydrogens (tertiary/aromatic N) is 1. The smallest absolute Gasteiger partial charge is 0.307 e. The lowest BCUT2D eigenvalue weighted by molar-refractivity contribution is -0.136. The molecule has 0 bridgehead atoms. The fourth-order valence-electron chi connectivity index (χ4n) is 3.80. The molecular formula is C26H26N2O6. The minimum Gasteiger partial charge on any atom is -0.497 e. The largest absolute Gasteiger partial charge is 0.497 e. The van der Waals surface area contributed by atoms with Crippen LogP contribution in [0.15, 0.2) is 59.1 Å². The second-order valence-electron chi connectivity index (χ2n) is 7.78. The Morgan fingerprint density at radius 3 is 2.68 bits per heavy atom. The number of carbonyl (C=O) groups is 1. The summed E-state index contributed by atoms with van der Waals surface area (Å²) < 4.78 is 22.7. The second-order valence-corrected chi connectivity index (χ2v) is 7.78. The fourth-order valence-corrected chi connectivity index (χ4v) is 3.80. The average molecular weight is 463 g/mol. The van der Waals surface area contributed by atoms with Crippen LogP contribution in [-0.2, 0) is 35.7 Å². The zero-order valence-electron chi connectivity index (χ0n) is 19.0. The summed E-state index contributed by atoms with van der Waals surface area (Å²) in [4.78, 5) is 15.6. The van der Waals surface area contributed by atoms with Gasteiger partial charge >= 0.3 is 5.97 Å². The summed E-state index contributed by atoms with van der Waals surface area (Å²) in [6.45, 7) is 0.907. The van der Waals surface area contributed by atoms with Crippen molar-refractivity contribution in [3.05, 3.63) is 77.3 Å². The molecule has 0 aliphatic carbocycles. The summed E-state index contributed by atoms with van der Waals surface area (Å²) in [6.07, 6.45) is 1.57. The first-order chi connectivity index (χ1) is 16.5. The van der Waals surface area contributed by atoms with Crippen molar-refractivity contribution in [3.8, 4) is 22.6 Å². The van der Waals surface area contributed by atoms with Crippen LogP contribution in [0.25, 0.3) is 22.1 Å². The van der Waals surface area contributed by atoms with Crippen molar-refractivity contribution in [1.82, 2.24) is 4.98 Å². The van der Waals surface area contributed by atoms with E-state index >= 15 is 0 Å². The molecule has 34 heavy (non-hydrogen) atoms. The van der Waals surface area contributed by atoms with E-state index in [1.165, 1.54) is 0 Å². The highest BCUT2D eigenvalue weighted by Crippen LogP contribution is 2.34. The van der Waals surface area contributed by atoms with Crippen molar-refractivity contribution in [2.75, 3.05) is 14.2 Å². The summed E-state index contributed by atoms with van der Waals surface area (Å²) in [5.74, 6) is 0.827. The van der Waals surface area contributed by atoms with E-state index in [1.54, 1.807) is 38.6 Å². The van der Waals surface area contributed by atoms with Gasteiger partial charge in [0.25, 0.3) is 0 Å². The zero-order chi connectivity index (χ0) is 24.1. The number of carboxylic acids is 1. The maximum atomic E-state index is 11.3. The predicted molar refractivity (Wildman–Crippen MR) is 127 cm³/mol. The molecule has 8 nitrogen and oxygen atoms in total. The van der Waals surface area contributed by atoms with Gasteiger partial charge in [-0.2, -0.15) is 0 Å². The molecule has 2 heterocycles. The number of aliphatic carboxylic acids is 1. The molecule has 0 fully saturated rings. The number of aromatic nitrogens is 1. The van der Waals surface area contributed by atoms with Crippen LogP contribution in [0.4, 0.5) is 0 Å². The minimum absolute atomic E-state index is 0.148. The first kappa shape index (κ1) is 23.3. The van der Waals surface area contributed by atoms with Gasteiger partial charge in [-0.15, -0.1) is 0 Å². The molecule has 4 rings (SSSR count). The third kappa shape index (κ3) is 5.19. The highest BCUT2D eigenvalue weighted by molar-refractivity contribution is 5.93. The third-order valence-electron chi connectivity index (χ3n) is 5.36. The highest BCUT2D eigenvalue weighted by Gasteiger charge is 2.15. The van der Waals surface area contributed by atoms with Crippen LogP contribution < -0.4 is 15.2 Å². The first-order valence-corrected chi connectivity index (χ1v) is 10.7. The predicted octanol–water partition coefficient (Wildman–Crippen LogP) is 4.31. The molecule has 2 aromatic heterocycles. The molecule has 4 aromatic rings. The Kier molecular flexibility index (Phi) is 7.10. The topological polar surface area (TPSA) is 117 Å². The summed E-state index contributed by atoms with van der Waals surface area (Å²) in [5, 5.41) is 10.2. The number of rotatable bonds is 10. The quantitative estimate of drug-likeness (QED) is 0.358. The molecular weight excluding hydrogens is 436 g/mol. The van der Waals surface area contributed by atoms with E-state index in [0.29, 0.717) is 36.0 Å².